The quantitative estimate of drug-likeness (QED) is 0.936. The predicted octanol–water partition coefficient (Wildman–Crippen LogP) is 2.56. The Morgan fingerprint density at radius 2 is 1.80 bits per heavy atom. The summed E-state index contributed by atoms with van der Waals surface area (Å²) in [6, 6.07) is 13.2. The Labute approximate surface area is 150 Å². The van der Waals surface area contributed by atoms with Gasteiger partial charge in [0.15, 0.2) is 0 Å². The van der Waals surface area contributed by atoms with E-state index in [1.54, 1.807) is 11.1 Å². The molecule has 0 saturated carbocycles. The highest BCUT2D eigenvalue weighted by Crippen LogP contribution is 2.42. The molecule has 2 N–H and O–H groups in total. The minimum Gasteiger partial charge on any atom is -0.323 e. The van der Waals surface area contributed by atoms with Crippen molar-refractivity contribution in [2.45, 2.75) is 30.8 Å². The number of pyridine rings is 1. The van der Waals surface area contributed by atoms with Crippen molar-refractivity contribution < 1.29 is 0 Å². The zero-order valence-corrected chi connectivity index (χ0v) is 15.1. The molecule has 1 saturated heterocycles. The topological polar surface area (TPSA) is 45.4 Å². The number of likely N-dealkylation sites (tertiary alicyclic amines) is 1. The number of fused-ring (bicyclic) bond motifs is 2. The standard InChI is InChI=1S/C21H28N4/c1-24-13-8-17-4-2-3-5-19(17)21(24)9-14-25(15-10-21)16-20(22)18-6-11-23-12-7-18/h2-7,11-12,20H,8-10,13-16,22H2,1H3. The third-order valence-electron chi connectivity index (χ3n) is 6.24. The van der Waals surface area contributed by atoms with Crippen molar-refractivity contribution in [3.8, 4) is 0 Å². The van der Waals surface area contributed by atoms with E-state index in [0.717, 1.165) is 26.2 Å². The SMILES string of the molecule is CN1CCc2ccccc2C12CCN(CC(N)c1ccncc1)CC2. The number of hydrogen-bond donors (Lipinski definition) is 1. The molecule has 0 aliphatic carbocycles. The van der Waals surface area contributed by atoms with Gasteiger partial charge in [-0.2, -0.15) is 0 Å². The lowest BCUT2D eigenvalue weighted by Crippen LogP contribution is -2.55. The molecule has 25 heavy (non-hydrogen) atoms. The molecule has 1 aromatic heterocycles. The summed E-state index contributed by atoms with van der Waals surface area (Å²) in [5.74, 6) is 0. The van der Waals surface area contributed by atoms with E-state index in [2.05, 4.69) is 46.1 Å². The fourth-order valence-electron chi connectivity index (χ4n) is 4.65. The Morgan fingerprint density at radius 1 is 1.08 bits per heavy atom. The molecule has 0 amide bonds. The highest BCUT2D eigenvalue weighted by Gasteiger charge is 2.42. The van der Waals surface area contributed by atoms with Crippen LogP contribution >= 0.6 is 0 Å². The van der Waals surface area contributed by atoms with E-state index in [-0.39, 0.29) is 11.6 Å². The van der Waals surface area contributed by atoms with E-state index in [1.165, 1.54) is 24.8 Å². The molecule has 3 heterocycles. The van der Waals surface area contributed by atoms with Crippen molar-refractivity contribution in [1.29, 1.82) is 0 Å². The number of piperidine rings is 1. The molecule has 4 rings (SSSR count). The first-order valence-corrected chi connectivity index (χ1v) is 9.36. The molecule has 1 spiro atoms. The van der Waals surface area contributed by atoms with Crippen LogP contribution in [0.1, 0.15) is 35.6 Å². The molecule has 1 atom stereocenters. The zero-order chi connectivity index (χ0) is 17.3. The highest BCUT2D eigenvalue weighted by molar-refractivity contribution is 5.37. The molecule has 2 aromatic rings. The van der Waals surface area contributed by atoms with Gasteiger partial charge in [-0.15, -0.1) is 0 Å². The van der Waals surface area contributed by atoms with Gasteiger partial charge in [-0.05, 0) is 55.1 Å². The summed E-state index contributed by atoms with van der Waals surface area (Å²) >= 11 is 0. The first-order chi connectivity index (χ1) is 12.2. The zero-order valence-electron chi connectivity index (χ0n) is 15.1. The summed E-state index contributed by atoms with van der Waals surface area (Å²) in [4.78, 5) is 9.21. The summed E-state index contributed by atoms with van der Waals surface area (Å²) in [6.07, 6.45) is 7.20. The van der Waals surface area contributed by atoms with Crippen LogP contribution in [0.25, 0.3) is 0 Å². The van der Waals surface area contributed by atoms with Crippen molar-refractivity contribution in [2.75, 3.05) is 33.2 Å². The van der Waals surface area contributed by atoms with E-state index < -0.39 is 0 Å². The van der Waals surface area contributed by atoms with Gasteiger partial charge in [-0.1, -0.05) is 24.3 Å². The van der Waals surface area contributed by atoms with Crippen molar-refractivity contribution in [3.63, 3.8) is 0 Å². The van der Waals surface area contributed by atoms with Crippen molar-refractivity contribution in [3.05, 3.63) is 65.5 Å². The summed E-state index contributed by atoms with van der Waals surface area (Å²) < 4.78 is 0. The molecule has 1 fully saturated rings. The lowest BCUT2D eigenvalue weighted by Gasteiger charge is -2.51. The monoisotopic (exact) mass is 336 g/mol. The first-order valence-electron chi connectivity index (χ1n) is 9.36. The van der Waals surface area contributed by atoms with Gasteiger partial charge in [-0.3, -0.25) is 9.88 Å². The number of hydrogen-bond acceptors (Lipinski definition) is 4. The highest BCUT2D eigenvalue weighted by atomic mass is 15.2. The lowest BCUT2D eigenvalue weighted by molar-refractivity contribution is 0.0263. The Morgan fingerprint density at radius 3 is 2.56 bits per heavy atom. The molecule has 0 bridgehead atoms. The summed E-state index contributed by atoms with van der Waals surface area (Å²) in [5, 5.41) is 0. The molecule has 2 aliphatic heterocycles. The number of likely N-dealkylation sites (N-methyl/N-ethyl adjacent to an activating group) is 1. The summed E-state index contributed by atoms with van der Waals surface area (Å²) in [5.41, 5.74) is 10.9. The van der Waals surface area contributed by atoms with Crippen LogP contribution in [0.2, 0.25) is 0 Å². The van der Waals surface area contributed by atoms with Crippen LogP contribution in [-0.2, 0) is 12.0 Å². The van der Waals surface area contributed by atoms with Crippen molar-refractivity contribution >= 4 is 0 Å². The van der Waals surface area contributed by atoms with Gasteiger partial charge in [0.25, 0.3) is 0 Å². The van der Waals surface area contributed by atoms with Crippen LogP contribution in [0.5, 0.6) is 0 Å². The largest absolute Gasteiger partial charge is 0.323 e. The fourth-order valence-corrected chi connectivity index (χ4v) is 4.65. The summed E-state index contributed by atoms with van der Waals surface area (Å²) in [6.45, 7) is 4.30. The lowest BCUT2D eigenvalue weighted by atomic mass is 9.74. The van der Waals surface area contributed by atoms with Crippen molar-refractivity contribution in [1.82, 2.24) is 14.8 Å². The number of aromatic nitrogens is 1. The molecular formula is C21H28N4. The minimum absolute atomic E-state index is 0.0634. The van der Waals surface area contributed by atoms with Crippen LogP contribution < -0.4 is 5.73 Å². The fraction of sp³-hybridized carbons (Fsp3) is 0.476. The van der Waals surface area contributed by atoms with Gasteiger partial charge in [0.2, 0.25) is 0 Å². The Balaban J connectivity index is 1.46. The van der Waals surface area contributed by atoms with E-state index in [0.29, 0.717) is 0 Å². The first kappa shape index (κ1) is 16.7. The second-order valence-electron chi connectivity index (χ2n) is 7.55. The van der Waals surface area contributed by atoms with Gasteiger partial charge < -0.3 is 10.6 Å². The Hall–Kier alpha value is -1.75. The normalized spacial score (nSPS) is 21.8. The molecule has 4 nitrogen and oxygen atoms in total. The van der Waals surface area contributed by atoms with E-state index in [9.17, 15) is 0 Å². The number of benzene rings is 1. The van der Waals surface area contributed by atoms with E-state index in [4.69, 9.17) is 5.73 Å². The van der Waals surface area contributed by atoms with Crippen LogP contribution in [0.3, 0.4) is 0 Å². The number of nitrogens with two attached hydrogens (primary N) is 1. The molecular weight excluding hydrogens is 308 g/mol. The predicted molar refractivity (Wildman–Crippen MR) is 101 cm³/mol. The van der Waals surface area contributed by atoms with Crippen LogP contribution in [0.15, 0.2) is 48.8 Å². The van der Waals surface area contributed by atoms with Crippen LogP contribution in [0.4, 0.5) is 0 Å². The number of rotatable bonds is 3. The van der Waals surface area contributed by atoms with Crippen LogP contribution in [-0.4, -0.2) is 48.0 Å². The van der Waals surface area contributed by atoms with Gasteiger partial charge in [-0.25, -0.2) is 0 Å². The third-order valence-corrected chi connectivity index (χ3v) is 6.24. The number of nitrogens with zero attached hydrogens (tertiary/aromatic N) is 3. The van der Waals surface area contributed by atoms with E-state index >= 15 is 0 Å². The average Bonchev–Trinajstić information content (AvgIpc) is 2.67. The van der Waals surface area contributed by atoms with E-state index in [1.807, 2.05) is 24.5 Å². The summed E-state index contributed by atoms with van der Waals surface area (Å²) in [7, 11) is 2.30. The van der Waals surface area contributed by atoms with Crippen LogP contribution in [0, 0.1) is 0 Å². The van der Waals surface area contributed by atoms with Gasteiger partial charge in [0.1, 0.15) is 0 Å². The van der Waals surface area contributed by atoms with Crippen molar-refractivity contribution in [2.24, 2.45) is 5.73 Å². The maximum Gasteiger partial charge on any atom is 0.0484 e. The third kappa shape index (κ3) is 3.10. The minimum atomic E-state index is 0.0634. The molecule has 4 heteroatoms. The van der Waals surface area contributed by atoms with Gasteiger partial charge in [0, 0.05) is 50.2 Å². The Kier molecular flexibility index (Phi) is 4.59. The second kappa shape index (κ2) is 6.87. The second-order valence-corrected chi connectivity index (χ2v) is 7.55. The molecule has 2 aliphatic rings. The Bertz CT molecular complexity index is 707. The molecule has 132 valence electrons. The van der Waals surface area contributed by atoms with Gasteiger partial charge in [0.05, 0.1) is 0 Å². The molecule has 0 radical (unpaired) electrons. The smallest absolute Gasteiger partial charge is 0.0484 e. The molecule has 1 aromatic carbocycles. The maximum atomic E-state index is 6.42. The maximum absolute atomic E-state index is 6.42. The average molecular weight is 336 g/mol. The van der Waals surface area contributed by atoms with Gasteiger partial charge >= 0.3 is 0 Å². The molecule has 1 unspecified atom stereocenters.